The molecule has 220 valence electrons. The van der Waals surface area contributed by atoms with Crippen molar-refractivity contribution in [3.8, 4) is 0 Å². The highest BCUT2D eigenvalue weighted by Gasteiger charge is 2.19. The number of fused-ring (bicyclic) bond motifs is 2. The van der Waals surface area contributed by atoms with Gasteiger partial charge in [-0.2, -0.15) is 0 Å². The number of carboxylic acids is 1. The van der Waals surface area contributed by atoms with Crippen LogP contribution in [0, 0.1) is 13.8 Å². The minimum absolute atomic E-state index is 0.164. The third kappa shape index (κ3) is 8.52. The predicted octanol–water partition coefficient (Wildman–Crippen LogP) is 7.87. The zero-order valence-corrected chi connectivity index (χ0v) is 24.9. The second-order valence-corrected chi connectivity index (χ2v) is 10.8. The number of carboxylic acid groups (broad SMARTS) is 1. The highest BCUT2D eigenvalue weighted by atomic mass is 16.6. The lowest BCUT2D eigenvalue weighted by molar-refractivity contribution is -0.160. The summed E-state index contributed by atoms with van der Waals surface area (Å²) in [6, 6.07) is 33.4. The van der Waals surface area contributed by atoms with Crippen molar-refractivity contribution in [2.75, 3.05) is 6.61 Å². The summed E-state index contributed by atoms with van der Waals surface area (Å²) < 4.78 is 10.2. The van der Waals surface area contributed by atoms with Gasteiger partial charge in [-0.3, -0.25) is 9.59 Å². The zero-order valence-electron chi connectivity index (χ0n) is 24.9. The van der Waals surface area contributed by atoms with Gasteiger partial charge in [0.05, 0.1) is 11.8 Å². The molecule has 43 heavy (non-hydrogen) atoms. The molecule has 0 bridgehead atoms. The molecule has 0 amide bonds. The highest BCUT2D eigenvalue weighted by Crippen LogP contribution is 2.24. The summed E-state index contributed by atoms with van der Waals surface area (Å²) in [6.45, 7) is 7.35. The molecule has 5 rings (SSSR count). The van der Waals surface area contributed by atoms with Crippen LogP contribution in [-0.2, 0) is 30.5 Å². The maximum Gasteiger partial charge on any atom is 0.344 e. The quantitative estimate of drug-likeness (QED) is 0.189. The van der Waals surface area contributed by atoms with Crippen molar-refractivity contribution in [1.82, 2.24) is 0 Å². The van der Waals surface area contributed by atoms with Gasteiger partial charge in [0.25, 0.3) is 0 Å². The van der Waals surface area contributed by atoms with E-state index >= 15 is 0 Å². The van der Waals surface area contributed by atoms with Crippen LogP contribution in [0.3, 0.4) is 0 Å². The Kier molecular flexibility index (Phi) is 10.3. The van der Waals surface area contributed by atoms with E-state index in [0.717, 1.165) is 38.2 Å². The number of esters is 2. The van der Waals surface area contributed by atoms with E-state index in [1.807, 2.05) is 105 Å². The minimum atomic E-state index is -0.786. The topological polar surface area (TPSA) is 89.9 Å². The number of benzene rings is 5. The van der Waals surface area contributed by atoms with Gasteiger partial charge in [0.2, 0.25) is 0 Å². The van der Waals surface area contributed by atoms with Gasteiger partial charge in [-0.1, -0.05) is 114 Å². The molecule has 0 radical (unpaired) electrons. The molecule has 5 aromatic rings. The molecule has 6 heteroatoms. The summed E-state index contributed by atoms with van der Waals surface area (Å²) in [5.41, 5.74) is 5.00. The largest absolute Gasteiger partial charge is 0.481 e. The Balaban J connectivity index is 0.000000225. The van der Waals surface area contributed by atoms with Gasteiger partial charge in [0.15, 0.2) is 6.61 Å². The molecule has 0 aliphatic carbocycles. The molecule has 0 fully saturated rings. The summed E-state index contributed by atoms with van der Waals surface area (Å²) in [5, 5.41) is 13.4. The van der Waals surface area contributed by atoms with Crippen LogP contribution in [0.25, 0.3) is 21.5 Å². The lowest BCUT2D eigenvalue weighted by Gasteiger charge is -2.13. The van der Waals surface area contributed by atoms with Crippen LogP contribution in [0.5, 0.6) is 0 Å². The molecule has 0 spiro atoms. The van der Waals surface area contributed by atoms with Crippen molar-refractivity contribution >= 4 is 39.5 Å². The number of hydrogen-bond acceptors (Lipinski definition) is 5. The number of ether oxygens (including phenoxy) is 2. The normalized spacial score (nSPS) is 12.1. The van der Waals surface area contributed by atoms with E-state index < -0.39 is 29.7 Å². The molecule has 0 heterocycles. The molecule has 5 aromatic carbocycles. The molecule has 0 aliphatic heterocycles. The Morgan fingerprint density at radius 3 is 1.65 bits per heavy atom. The number of carbonyl (C=O) groups is 3. The number of aliphatic carboxylic acids is 1. The van der Waals surface area contributed by atoms with Gasteiger partial charge in [-0.25, -0.2) is 4.79 Å². The fourth-order valence-electron chi connectivity index (χ4n) is 4.62. The summed E-state index contributed by atoms with van der Waals surface area (Å²) in [4.78, 5) is 35.0. The summed E-state index contributed by atoms with van der Waals surface area (Å²) >= 11 is 0. The van der Waals surface area contributed by atoms with Gasteiger partial charge in [0.1, 0.15) is 6.61 Å². The standard InChI is InChI=1S/C23H22O4.C14H14O2/c1-16-8-9-21-13-19(10-11-20(21)12-16)17(2)23(25)27-15-22(24)26-14-18-6-4-3-5-7-18;1-9-3-4-13-8-11(10(2)14(15)16)5-6-12(13)7-9/h3-13,17H,14-15H2,1-2H3;3-8,10H,1-2H3,(H,15,16). The molecular formula is C37H36O6. The Labute approximate surface area is 251 Å². The van der Waals surface area contributed by atoms with Crippen LogP contribution in [0.15, 0.2) is 103 Å². The first-order valence-electron chi connectivity index (χ1n) is 14.2. The molecule has 0 aromatic heterocycles. The zero-order chi connectivity index (χ0) is 30.9. The Hall–Kier alpha value is -4.97. The molecule has 2 atom stereocenters. The van der Waals surface area contributed by atoms with Crippen molar-refractivity contribution in [3.05, 3.63) is 131 Å². The van der Waals surface area contributed by atoms with E-state index in [9.17, 15) is 14.4 Å². The Bertz CT molecular complexity index is 1740. The van der Waals surface area contributed by atoms with Crippen molar-refractivity contribution in [3.63, 3.8) is 0 Å². The first kappa shape index (κ1) is 31.0. The number of carbonyl (C=O) groups excluding carboxylic acids is 2. The van der Waals surface area contributed by atoms with E-state index in [0.29, 0.717) is 0 Å². The van der Waals surface area contributed by atoms with E-state index in [1.165, 1.54) is 11.1 Å². The fraction of sp³-hybridized carbons (Fsp3) is 0.216. The van der Waals surface area contributed by atoms with Crippen LogP contribution in [-0.4, -0.2) is 29.6 Å². The number of hydrogen-bond donors (Lipinski definition) is 1. The van der Waals surface area contributed by atoms with E-state index in [-0.39, 0.29) is 13.2 Å². The van der Waals surface area contributed by atoms with Crippen molar-refractivity contribution in [2.45, 2.75) is 46.1 Å². The van der Waals surface area contributed by atoms with E-state index in [4.69, 9.17) is 14.6 Å². The Morgan fingerprint density at radius 2 is 1.12 bits per heavy atom. The van der Waals surface area contributed by atoms with Gasteiger partial charge in [-0.15, -0.1) is 0 Å². The third-order valence-corrected chi connectivity index (χ3v) is 7.34. The molecule has 6 nitrogen and oxygen atoms in total. The lowest BCUT2D eigenvalue weighted by Crippen LogP contribution is -2.20. The van der Waals surface area contributed by atoms with Crippen molar-refractivity contribution in [2.24, 2.45) is 0 Å². The van der Waals surface area contributed by atoms with Crippen LogP contribution < -0.4 is 0 Å². The van der Waals surface area contributed by atoms with Gasteiger partial charge in [0, 0.05) is 0 Å². The first-order valence-corrected chi connectivity index (χ1v) is 14.2. The maximum absolute atomic E-state index is 12.3. The fourth-order valence-corrected chi connectivity index (χ4v) is 4.62. The summed E-state index contributed by atoms with van der Waals surface area (Å²) in [5.74, 6) is -2.71. The first-order chi connectivity index (χ1) is 20.6. The van der Waals surface area contributed by atoms with E-state index in [1.54, 1.807) is 13.8 Å². The average Bonchev–Trinajstić information content (AvgIpc) is 3.02. The SMILES string of the molecule is Cc1ccc2cc(C(C)C(=O)O)ccc2c1.Cc1ccc2cc(C(C)C(=O)OCC(=O)OCc3ccccc3)ccc2c1. The molecular weight excluding hydrogens is 540 g/mol. The molecule has 1 N–H and O–H groups in total. The smallest absolute Gasteiger partial charge is 0.344 e. The minimum Gasteiger partial charge on any atom is -0.481 e. The van der Waals surface area contributed by atoms with Crippen LogP contribution in [0.2, 0.25) is 0 Å². The predicted molar refractivity (Wildman–Crippen MR) is 169 cm³/mol. The third-order valence-electron chi connectivity index (χ3n) is 7.34. The lowest BCUT2D eigenvalue weighted by atomic mass is 9.97. The van der Waals surface area contributed by atoms with Gasteiger partial charge in [-0.05, 0) is 65.9 Å². The number of rotatable bonds is 8. The maximum atomic E-state index is 12.3. The summed E-state index contributed by atoms with van der Waals surface area (Å²) in [6.07, 6.45) is 0. The van der Waals surface area contributed by atoms with Gasteiger partial charge >= 0.3 is 17.9 Å². The molecule has 2 unspecified atom stereocenters. The second-order valence-electron chi connectivity index (χ2n) is 10.8. The molecule has 0 saturated carbocycles. The Morgan fingerprint density at radius 1 is 0.628 bits per heavy atom. The van der Waals surface area contributed by atoms with Crippen LogP contribution in [0.1, 0.15) is 53.5 Å². The average molecular weight is 577 g/mol. The second kappa shape index (κ2) is 14.3. The van der Waals surface area contributed by atoms with Crippen molar-refractivity contribution < 1.29 is 29.0 Å². The van der Waals surface area contributed by atoms with Crippen LogP contribution in [0.4, 0.5) is 0 Å². The molecule has 0 aliphatic rings. The monoisotopic (exact) mass is 576 g/mol. The summed E-state index contributed by atoms with van der Waals surface area (Å²) in [7, 11) is 0. The highest BCUT2D eigenvalue weighted by molar-refractivity contribution is 5.87. The van der Waals surface area contributed by atoms with Crippen LogP contribution >= 0.6 is 0 Å². The van der Waals surface area contributed by atoms with E-state index in [2.05, 4.69) is 12.1 Å². The number of aryl methyl sites for hydroxylation is 2. The molecule has 0 saturated heterocycles. The van der Waals surface area contributed by atoms with Gasteiger partial charge < -0.3 is 14.6 Å². The van der Waals surface area contributed by atoms with Crippen molar-refractivity contribution in [1.29, 1.82) is 0 Å².